The monoisotopic (exact) mass is 333 g/mol. The Morgan fingerprint density at radius 3 is 2.75 bits per heavy atom. The number of likely N-dealkylation sites (tertiary alicyclic amines) is 1. The van der Waals surface area contributed by atoms with Gasteiger partial charge in [-0.05, 0) is 50.0 Å². The van der Waals surface area contributed by atoms with E-state index in [4.69, 9.17) is 10.5 Å². The number of nitrogens with two attached hydrogens (primary N) is 1. The second-order valence-electron chi connectivity index (χ2n) is 6.25. The van der Waals surface area contributed by atoms with Gasteiger partial charge < -0.3 is 15.8 Å². The molecule has 2 amide bonds. The lowest BCUT2D eigenvalue weighted by molar-refractivity contribution is -0.126. The Morgan fingerprint density at radius 2 is 2.08 bits per heavy atom. The maximum absolute atomic E-state index is 12.1. The van der Waals surface area contributed by atoms with Crippen LogP contribution in [0.5, 0.6) is 0 Å². The second kappa shape index (κ2) is 9.39. The number of amides is 2. The first-order valence-electron chi connectivity index (χ1n) is 8.48. The highest BCUT2D eigenvalue weighted by Crippen LogP contribution is 2.19. The molecule has 132 valence electrons. The van der Waals surface area contributed by atoms with Gasteiger partial charge in [0.2, 0.25) is 11.8 Å². The molecule has 0 aromatic heterocycles. The molecule has 0 bridgehead atoms. The average Bonchev–Trinajstić information content (AvgIpc) is 2.59. The number of benzene rings is 1. The molecule has 1 aliphatic rings. The summed E-state index contributed by atoms with van der Waals surface area (Å²) < 4.78 is 4.98. The van der Waals surface area contributed by atoms with E-state index in [1.807, 2.05) is 18.2 Å². The standard InChI is InChI=1S/C18H27N3O3/c1-24-11-3-8-20-18(23)15-6-9-21(10-7-15)13-14-4-2-5-16(12-14)17(19)22/h2,4-5,12,15H,3,6-11,13H2,1H3,(H2,19,22)(H,20,23). The van der Waals surface area contributed by atoms with Gasteiger partial charge in [0.05, 0.1) is 0 Å². The SMILES string of the molecule is COCCCNC(=O)C1CCN(Cc2cccc(C(N)=O)c2)CC1. The number of nitrogens with zero attached hydrogens (tertiary/aromatic N) is 1. The van der Waals surface area contributed by atoms with Crippen molar-refractivity contribution < 1.29 is 14.3 Å². The van der Waals surface area contributed by atoms with Crippen LogP contribution in [0, 0.1) is 5.92 Å². The summed E-state index contributed by atoms with van der Waals surface area (Å²) in [5, 5.41) is 2.98. The van der Waals surface area contributed by atoms with Crippen molar-refractivity contribution in [3.8, 4) is 0 Å². The molecule has 0 radical (unpaired) electrons. The van der Waals surface area contributed by atoms with E-state index in [2.05, 4.69) is 10.2 Å². The number of rotatable bonds is 8. The van der Waals surface area contributed by atoms with Gasteiger partial charge in [0.25, 0.3) is 0 Å². The summed E-state index contributed by atoms with van der Waals surface area (Å²) in [6.45, 7) is 3.90. The first-order chi connectivity index (χ1) is 11.6. The number of primary amides is 1. The van der Waals surface area contributed by atoms with Gasteiger partial charge in [-0.2, -0.15) is 0 Å². The van der Waals surface area contributed by atoms with Crippen molar-refractivity contribution in [1.29, 1.82) is 0 Å². The van der Waals surface area contributed by atoms with Crippen LogP contribution < -0.4 is 11.1 Å². The zero-order valence-corrected chi connectivity index (χ0v) is 14.3. The molecule has 1 saturated heterocycles. The molecule has 0 spiro atoms. The van der Waals surface area contributed by atoms with Crippen molar-refractivity contribution in [2.75, 3.05) is 33.4 Å². The third kappa shape index (κ3) is 5.62. The Hall–Kier alpha value is -1.92. The van der Waals surface area contributed by atoms with Crippen LogP contribution in [-0.4, -0.2) is 50.1 Å². The predicted octanol–water partition coefficient (Wildman–Crippen LogP) is 1.15. The first kappa shape index (κ1) is 18.4. The van der Waals surface area contributed by atoms with E-state index in [9.17, 15) is 9.59 Å². The highest BCUT2D eigenvalue weighted by atomic mass is 16.5. The van der Waals surface area contributed by atoms with Crippen LogP contribution in [-0.2, 0) is 16.1 Å². The molecule has 0 saturated carbocycles. The van der Waals surface area contributed by atoms with Gasteiger partial charge in [0, 0.05) is 38.3 Å². The summed E-state index contributed by atoms with van der Waals surface area (Å²) >= 11 is 0. The summed E-state index contributed by atoms with van der Waals surface area (Å²) in [4.78, 5) is 25.7. The topological polar surface area (TPSA) is 84.7 Å². The molecular formula is C18H27N3O3. The van der Waals surface area contributed by atoms with Crippen molar-refractivity contribution in [3.63, 3.8) is 0 Å². The average molecular weight is 333 g/mol. The molecule has 0 atom stereocenters. The number of methoxy groups -OCH3 is 1. The van der Waals surface area contributed by atoms with Crippen molar-refractivity contribution in [3.05, 3.63) is 35.4 Å². The van der Waals surface area contributed by atoms with Gasteiger partial charge in [-0.25, -0.2) is 0 Å². The summed E-state index contributed by atoms with van der Waals surface area (Å²) in [6, 6.07) is 7.43. The quantitative estimate of drug-likeness (QED) is 0.699. The smallest absolute Gasteiger partial charge is 0.248 e. The van der Waals surface area contributed by atoms with Crippen LogP contribution in [0.15, 0.2) is 24.3 Å². The minimum atomic E-state index is -0.402. The highest BCUT2D eigenvalue weighted by Gasteiger charge is 2.24. The zero-order chi connectivity index (χ0) is 17.4. The van der Waals surface area contributed by atoms with Gasteiger partial charge in [-0.1, -0.05) is 12.1 Å². The van der Waals surface area contributed by atoms with E-state index in [0.717, 1.165) is 44.5 Å². The molecule has 0 aliphatic carbocycles. The molecule has 3 N–H and O–H groups in total. The van der Waals surface area contributed by atoms with Crippen LogP contribution in [0.25, 0.3) is 0 Å². The van der Waals surface area contributed by atoms with Crippen LogP contribution in [0.2, 0.25) is 0 Å². The zero-order valence-electron chi connectivity index (χ0n) is 14.3. The number of piperidine rings is 1. The van der Waals surface area contributed by atoms with E-state index in [-0.39, 0.29) is 11.8 Å². The van der Waals surface area contributed by atoms with E-state index >= 15 is 0 Å². The fourth-order valence-electron chi connectivity index (χ4n) is 3.01. The van der Waals surface area contributed by atoms with Crippen molar-refractivity contribution in [2.24, 2.45) is 11.7 Å². The number of nitrogens with one attached hydrogen (secondary N) is 1. The van der Waals surface area contributed by atoms with E-state index in [1.165, 1.54) is 0 Å². The maximum Gasteiger partial charge on any atom is 0.248 e. The number of hydrogen-bond acceptors (Lipinski definition) is 4. The minimum Gasteiger partial charge on any atom is -0.385 e. The van der Waals surface area contributed by atoms with E-state index in [1.54, 1.807) is 13.2 Å². The summed E-state index contributed by atoms with van der Waals surface area (Å²) in [6.07, 6.45) is 2.58. The van der Waals surface area contributed by atoms with Crippen molar-refractivity contribution >= 4 is 11.8 Å². The Balaban J connectivity index is 1.75. The van der Waals surface area contributed by atoms with Gasteiger partial charge >= 0.3 is 0 Å². The van der Waals surface area contributed by atoms with Crippen LogP contribution >= 0.6 is 0 Å². The fourth-order valence-corrected chi connectivity index (χ4v) is 3.01. The Kier molecular flexibility index (Phi) is 7.21. The lowest BCUT2D eigenvalue weighted by Crippen LogP contribution is -2.40. The molecule has 1 fully saturated rings. The normalized spacial score (nSPS) is 16.0. The second-order valence-corrected chi connectivity index (χ2v) is 6.25. The van der Waals surface area contributed by atoms with E-state index in [0.29, 0.717) is 18.7 Å². The number of carbonyl (C=O) groups is 2. The van der Waals surface area contributed by atoms with Gasteiger partial charge in [-0.3, -0.25) is 14.5 Å². The third-order valence-corrected chi connectivity index (χ3v) is 4.40. The molecule has 6 heteroatoms. The van der Waals surface area contributed by atoms with Gasteiger partial charge in [-0.15, -0.1) is 0 Å². The summed E-state index contributed by atoms with van der Waals surface area (Å²) in [7, 11) is 1.66. The molecule has 2 rings (SSSR count). The van der Waals surface area contributed by atoms with Crippen molar-refractivity contribution in [2.45, 2.75) is 25.8 Å². The fraction of sp³-hybridized carbons (Fsp3) is 0.556. The van der Waals surface area contributed by atoms with Crippen LogP contribution in [0.1, 0.15) is 35.2 Å². The van der Waals surface area contributed by atoms with Gasteiger partial charge in [0.1, 0.15) is 0 Å². The maximum atomic E-state index is 12.1. The first-order valence-corrected chi connectivity index (χ1v) is 8.48. The molecule has 1 aromatic rings. The molecule has 24 heavy (non-hydrogen) atoms. The predicted molar refractivity (Wildman–Crippen MR) is 92.5 cm³/mol. The highest BCUT2D eigenvalue weighted by molar-refractivity contribution is 5.92. The Morgan fingerprint density at radius 1 is 1.33 bits per heavy atom. The largest absolute Gasteiger partial charge is 0.385 e. The minimum absolute atomic E-state index is 0.0979. The lowest BCUT2D eigenvalue weighted by Gasteiger charge is -2.31. The third-order valence-electron chi connectivity index (χ3n) is 4.40. The van der Waals surface area contributed by atoms with Crippen LogP contribution in [0.3, 0.4) is 0 Å². The number of hydrogen-bond donors (Lipinski definition) is 2. The molecule has 1 aliphatic heterocycles. The van der Waals surface area contributed by atoms with Gasteiger partial charge in [0.15, 0.2) is 0 Å². The lowest BCUT2D eigenvalue weighted by atomic mass is 9.95. The Labute approximate surface area is 143 Å². The molecule has 1 heterocycles. The van der Waals surface area contributed by atoms with E-state index < -0.39 is 5.91 Å². The summed E-state index contributed by atoms with van der Waals surface area (Å²) in [5.41, 5.74) is 6.94. The van der Waals surface area contributed by atoms with Crippen LogP contribution in [0.4, 0.5) is 0 Å². The van der Waals surface area contributed by atoms with Crippen molar-refractivity contribution in [1.82, 2.24) is 10.2 Å². The Bertz CT molecular complexity index is 554. The molecule has 1 aromatic carbocycles. The number of carbonyl (C=O) groups excluding carboxylic acids is 2. The summed E-state index contributed by atoms with van der Waals surface area (Å²) in [5.74, 6) is -0.150. The molecule has 6 nitrogen and oxygen atoms in total. The molecular weight excluding hydrogens is 306 g/mol. The number of ether oxygens (including phenoxy) is 1. The molecule has 0 unspecified atom stereocenters.